The van der Waals surface area contributed by atoms with Crippen molar-refractivity contribution in [3.05, 3.63) is 24.0 Å². The van der Waals surface area contributed by atoms with Gasteiger partial charge in [-0.25, -0.2) is 4.79 Å². The number of hydrogen-bond donors (Lipinski definition) is 2. The highest BCUT2D eigenvalue weighted by molar-refractivity contribution is 5.87. The molecule has 1 aromatic rings. The van der Waals surface area contributed by atoms with E-state index < -0.39 is 12.1 Å². The van der Waals surface area contributed by atoms with Crippen LogP contribution in [0.25, 0.3) is 0 Å². The van der Waals surface area contributed by atoms with Gasteiger partial charge in [-0.3, -0.25) is 4.98 Å². The van der Waals surface area contributed by atoms with Crippen LogP contribution in [0.2, 0.25) is 0 Å². The van der Waals surface area contributed by atoms with Crippen LogP contribution in [0.3, 0.4) is 0 Å². The van der Waals surface area contributed by atoms with Crippen LogP contribution in [0, 0.1) is 0 Å². The van der Waals surface area contributed by atoms with Gasteiger partial charge >= 0.3 is 5.97 Å². The summed E-state index contributed by atoms with van der Waals surface area (Å²) in [5, 5.41) is 18.3. The molecule has 1 aromatic heterocycles. The van der Waals surface area contributed by atoms with Crippen molar-refractivity contribution in [2.45, 2.75) is 6.10 Å². The number of hydrogen-bond acceptors (Lipinski definition) is 6. The lowest BCUT2D eigenvalue weighted by atomic mass is 10.3. The molecule has 7 nitrogen and oxygen atoms in total. The molecule has 0 aliphatic rings. The number of rotatable bonds is 9. The first-order chi connectivity index (χ1) is 9.13. The summed E-state index contributed by atoms with van der Waals surface area (Å²) >= 11 is 0. The third-order valence-electron chi connectivity index (χ3n) is 2.14. The second-order valence-electron chi connectivity index (χ2n) is 3.75. The number of aromatic nitrogens is 1. The van der Waals surface area contributed by atoms with Crippen molar-refractivity contribution < 1.29 is 29.2 Å². The zero-order valence-corrected chi connectivity index (χ0v) is 10.6. The number of ether oxygens (including phenoxy) is 3. The third kappa shape index (κ3) is 6.14. The summed E-state index contributed by atoms with van der Waals surface area (Å²) in [4.78, 5) is 14.5. The Morgan fingerprint density at radius 1 is 1.37 bits per heavy atom. The Hall–Kier alpha value is -1.70. The number of carboxylic acids is 1. The van der Waals surface area contributed by atoms with Crippen molar-refractivity contribution in [2.24, 2.45) is 0 Å². The van der Waals surface area contributed by atoms with Crippen molar-refractivity contribution in [3.8, 4) is 5.75 Å². The first kappa shape index (κ1) is 15.4. The maximum Gasteiger partial charge on any atom is 0.337 e. The first-order valence-electron chi connectivity index (χ1n) is 5.69. The Balaban J connectivity index is 2.31. The lowest BCUT2D eigenvalue weighted by Crippen LogP contribution is -2.24. The van der Waals surface area contributed by atoms with Gasteiger partial charge in [0.2, 0.25) is 0 Å². The Bertz CT molecular complexity index is 398. The number of methoxy groups -OCH3 is 1. The fraction of sp³-hybridized carbons (Fsp3) is 0.500. The molecule has 19 heavy (non-hydrogen) atoms. The van der Waals surface area contributed by atoms with Crippen molar-refractivity contribution in [1.29, 1.82) is 0 Å². The average molecular weight is 271 g/mol. The first-order valence-corrected chi connectivity index (χ1v) is 5.69. The molecule has 0 saturated heterocycles. The van der Waals surface area contributed by atoms with E-state index in [1.165, 1.54) is 18.5 Å². The average Bonchev–Trinajstić information content (AvgIpc) is 2.41. The van der Waals surface area contributed by atoms with E-state index in [0.717, 1.165) is 0 Å². The molecule has 0 aliphatic heterocycles. The molecular formula is C12H17NO6. The van der Waals surface area contributed by atoms with E-state index in [9.17, 15) is 9.90 Å². The molecule has 0 aliphatic carbocycles. The van der Waals surface area contributed by atoms with Crippen molar-refractivity contribution >= 4 is 5.97 Å². The van der Waals surface area contributed by atoms with Gasteiger partial charge in [-0.05, 0) is 6.07 Å². The summed E-state index contributed by atoms with van der Waals surface area (Å²) in [7, 11) is 1.56. The minimum absolute atomic E-state index is 0.00225. The molecule has 0 saturated carbocycles. The van der Waals surface area contributed by atoms with Gasteiger partial charge < -0.3 is 24.4 Å². The predicted octanol–water partition coefficient (Wildman–Crippen LogP) is 0.182. The second kappa shape index (κ2) is 8.41. The lowest BCUT2D eigenvalue weighted by Gasteiger charge is -2.12. The fourth-order valence-electron chi connectivity index (χ4n) is 1.22. The highest BCUT2D eigenvalue weighted by Gasteiger charge is 2.08. The molecule has 0 bridgehead atoms. The van der Waals surface area contributed by atoms with Gasteiger partial charge in [0.25, 0.3) is 0 Å². The summed E-state index contributed by atoms with van der Waals surface area (Å²) in [6, 6.07) is 1.34. The summed E-state index contributed by atoms with van der Waals surface area (Å²) in [6.07, 6.45) is 1.80. The van der Waals surface area contributed by atoms with E-state index >= 15 is 0 Å². The molecule has 2 N–H and O–H groups in total. The molecule has 1 atom stereocenters. The minimum atomic E-state index is -1.08. The highest BCUT2D eigenvalue weighted by Crippen LogP contribution is 2.11. The van der Waals surface area contributed by atoms with Crippen LogP contribution in [-0.2, 0) is 9.47 Å². The molecule has 0 radical (unpaired) electrons. The normalized spacial score (nSPS) is 12.1. The number of aromatic carboxylic acids is 1. The van der Waals surface area contributed by atoms with E-state index in [1.54, 1.807) is 7.11 Å². The largest absolute Gasteiger partial charge is 0.489 e. The Labute approximate surface area is 110 Å². The molecule has 0 aromatic carbocycles. The third-order valence-corrected chi connectivity index (χ3v) is 2.14. The van der Waals surface area contributed by atoms with E-state index in [4.69, 9.17) is 19.3 Å². The van der Waals surface area contributed by atoms with Crippen molar-refractivity contribution in [3.63, 3.8) is 0 Å². The fourth-order valence-corrected chi connectivity index (χ4v) is 1.22. The topological polar surface area (TPSA) is 98.1 Å². The van der Waals surface area contributed by atoms with Crippen molar-refractivity contribution in [1.82, 2.24) is 4.98 Å². The second-order valence-corrected chi connectivity index (χ2v) is 3.75. The Morgan fingerprint density at radius 3 is 2.84 bits per heavy atom. The van der Waals surface area contributed by atoms with E-state index in [1.807, 2.05) is 0 Å². The molecule has 106 valence electrons. The molecule has 1 rings (SSSR count). The Kier molecular flexibility index (Phi) is 6.80. The molecular weight excluding hydrogens is 254 g/mol. The summed E-state index contributed by atoms with van der Waals surface area (Å²) in [5.74, 6) is -0.794. The number of pyridine rings is 1. The summed E-state index contributed by atoms with van der Waals surface area (Å²) in [5.41, 5.74) is 0.0309. The molecule has 7 heteroatoms. The van der Waals surface area contributed by atoms with Crippen LogP contribution in [0.15, 0.2) is 18.5 Å². The SMILES string of the molecule is COCCOCC(O)COc1cncc(C(=O)O)c1. The van der Waals surface area contributed by atoms with Gasteiger partial charge in [-0.15, -0.1) is 0 Å². The number of carboxylic acid groups (broad SMARTS) is 1. The van der Waals surface area contributed by atoms with E-state index in [0.29, 0.717) is 13.2 Å². The van der Waals surface area contributed by atoms with Crippen LogP contribution >= 0.6 is 0 Å². The molecule has 1 unspecified atom stereocenters. The number of nitrogens with zero attached hydrogens (tertiary/aromatic N) is 1. The van der Waals surface area contributed by atoms with Crippen molar-refractivity contribution in [2.75, 3.05) is 33.5 Å². The minimum Gasteiger partial charge on any atom is -0.489 e. The van der Waals surface area contributed by atoms with Crippen LogP contribution < -0.4 is 4.74 Å². The monoisotopic (exact) mass is 271 g/mol. The van der Waals surface area contributed by atoms with Crippen LogP contribution in [0.4, 0.5) is 0 Å². The molecule has 0 amide bonds. The zero-order valence-electron chi connectivity index (χ0n) is 10.6. The van der Waals surface area contributed by atoms with Gasteiger partial charge in [-0.1, -0.05) is 0 Å². The molecule has 0 fully saturated rings. The van der Waals surface area contributed by atoms with Gasteiger partial charge in [0.05, 0.1) is 31.6 Å². The van der Waals surface area contributed by atoms with Crippen LogP contribution in [0.5, 0.6) is 5.75 Å². The Morgan fingerprint density at radius 2 is 2.16 bits per heavy atom. The summed E-state index contributed by atoms with van der Waals surface area (Å²) in [6.45, 7) is 0.967. The lowest BCUT2D eigenvalue weighted by molar-refractivity contribution is -0.00425. The number of carbonyl (C=O) groups is 1. The van der Waals surface area contributed by atoms with Gasteiger partial charge in [-0.2, -0.15) is 0 Å². The van der Waals surface area contributed by atoms with Gasteiger partial charge in [0, 0.05) is 13.3 Å². The molecule has 1 heterocycles. The standard InChI is InChI=1S/C12H17NO6/c1-17-2-3-18-7-10(14)8-19-11-4-9(12(15)16)5-13-6-11/h4-6,10,14H,2-3,7-8H2,1H3,(H,15,16). The number of aliphatic hydroxyl groups excluding tert-OH is 1. The van der Waals surface area contributed by atoms with Crippen LogP contribution in [-0.4, -0.2) is 60.8 Å². The zero-order chi connectivity index (χ0) is 14.1. The number of aliphatic hydroxyl groups is 1. The summed E-state index contributed by atoms with van der Waals surface area (Å²) < 4.78 is 15.1. The quantitative estimate of drug-likeness (QED) is 0.618. The highest BCUT2D eigenvalue weighted by atomic mass is 16.5. The van der Waals surface area contributed by atoms with E-state index in [2.05, 4.69) is 4.98 Å². The van der Waals surface area contributed by atoms with Gasteiger partial charge in [0.1, 0.15) is 18.5 Å². The maximum absolute atomic E-state index is 10.7. The van der Waals surface area contributed by atoms with Crippen LogP contribution in [0.1, 0.15) is 10.4 Å². The molecule has 0 spiro atoms. The van der Waals surface area contributed by atoms with E-state index in [-0.39, 0.29) is 24.5 Å². The maximum atomic E-state index is 10.7. The predicted molar refractivity (Wildman–Crippen MR) is 65.4 cm³/mol. The smallest absolute Gasteiger partial charge is 0.337 e. The van der Waals surface area contributed by atoms with Gasteiger partial charge in [0.15, 0.2) is 0 Å².